The van der Waals surface area contributed by atoms with Crippen molar-refractivity contribution in [2.75, 3.05) is 26.2 Å². The van der Waals surface area contributed by atoms with Crippen LogP contribution in [-0.4, -0.2) is 49.7 Å². The van der Waals surface area contributed by atoms with Gasteiger partial charge in [-0.3, -0.25) is 4.79 Å². The maximum atomic E-state index is 13.4. The lowest BCUT2D eigenvalue weighted by atomic mass is 10.2. The van der Waals surface area contributed by atoms with Gasteiger partial charge in [0.1, 0.15) is 0 Å². The number of sulfonamides is 1. The van der Waals surface area contributed by atoms with Crippen molar-refractivity contribution in [1.82, 2.24) is 9.21 Å². The molecule has 0 atom stereocenters. The average Bonchev–Trinajstić information content (AvgIpc) is 2.71. The number of halogens is 4. The normalized spacial score (nSPS) is 15.8. The van der Waals surface area contributed by atoms with Crippen molar-refractivity contribution >= 4 is 45.2 Å². The number of amides is 1. The largest absolute Gasteiger partial charge is 0.337 e. The molecule has 0 N–H and O–H groups in total. The predicted octanol–water partition coefficient (Wildman–Crippen LogP) is 3.82. The number of benzene rings is 2. The zero-order chi connectivity index (χ0) is 21.2. The van der Waals surface area contributed by atoms with Crippen molar-refractivity contribution in [3.05, 3.63) is 69.7 Å². The quantitative estimate of drug-likeness (QED) is 0.651. The fourth-order valence-corrected chi connectivity index (χ4v) is 4.66. The van der Waals surface area contributed by atoms with Crippen molar-refractivity contribution in [2.45, 2.75) is 4.90 Å². The Kier molecular flexibility index (Phi) is 6.58. The van der Waals surface area contributed by atoms with E-state index in [4.69, 9.17) is 23.2 Å². The molecule has 0 radical (unpaired) electrons. The highest BCUT2D eigenvalue weighted by molar-refractivity contribution is 7.89. The molecule has 1 amide bonds. The third-order valence-corrected chi connectivity index (χ3v) is 7.19. The summed E-state index contributed by atoms with van der Waals surface area (Å²) in [6.45, 7) is 0.405. The van der Waals surface area contributed by atoms with Gasteiger partial charge in [0.2, 0.25) is 15.9 Å². The van der Waals surface area contributed by atoms with Crippen LogP contribution in [0.25, 0.3) is 6.08 Å². The standard InChI is InChI=1S/C19H16Cl2F2N2O3S/c20-15-3-1-2-13(19(15)21)4-7-18(26)24-8-10-25(11-9-24)29(27,28)14-5-6-16(22)17(23)12-14/h1-7,12H,8-11H2/b7-4+. The minimum Gasteiger partial charge on any atom is -0.337 e. The highest BCUT2D eigenvalue weighted by atomic mass is 35.5. The van der Waals surface area contributed by atoms with E-state index in [0.29, 0.717) is 21.7 Å². The van der Waals surface area contributed by atoms with E-state index >= 15 is 0 Å². The van der Waals surface area contributed by atoms with Crippen LogP contribution >= 0.6 is 23.2 Å². The number of carbonyl (C=O) groups is 1. The second-order valence-electron chi connectivity index (χ2n) is 6.28. The SMILES string of the molecule is O=C(/C=C/c1cccc(Cl)c1Cl)N1CCN(S(=O)(=O)c2ccc(F)c(F)c2)CC1. The van der Waals surface area contributed by atoms with Gasteiger partial charge in [-0.2, -0.15) is 4.31 Å². The summed E-state index contributed by atoms with van der Waals surface area (Å²) in [7, 11) is -3.98. The Morgan fingerprint density at radius 1 is 1.00 bits per heavy atom. The summed E-state index contributed by atoms with van der Waals surface area (Å²) in [5, 5.41) is 0.706. The van der Waals surface area contributed by atoms with Gasteiger partial charge >= 0.3 is 0 Å². The lowest BCUT2D eigenvalue weighted by molar-refractivity contribution is -0.127. The van der Waals surface area contributed by atoms with E-state index in [1.807, 2.05) is 0 Å². The second-order valence-corrected chi connectivity index (χ2v) is 9.00. The van der Waals surface area contributed by atoms with E-state index in [9.17, 15) is 22.0 Å². The molecule has 0 spiro atoms. The Morgan fingerprint density at radius 3 is 2.34 bits per heavy atom. The summed E-state index contributed by atoms with van der Waals surface area (Å²) >= 11 is 12.0. The number of nitrogens with zero attached hydrogens (tertiary/aromatic N) is 2. The fraction of sp³-hybridized carbons (Fsp3) is 0.211. The third-order valence-electron chi connectivity index (χ3n) is 4.47. The van der Waals surface area contributed by atoms with Gasteiger partial charge in [0, 0.05) is 32.3 Å². The maximum absolute atomic E-state index is 13.4. The topological polar surface area (TPSA) is 57.7 Å². The van der Waals surface area contributed by atoms with Crippen molar-refractivity contribution in [1.29, 1.82) is 0 Å². The lowest BCUT2D eigenvalue weighted by Crippen LogP contribution is -2.50. The van der Waals surface area contributed by atoms with Gasteiger partial charge in [-0.25, -0.2) is 17.2 Å². The van der Waals surface area contributed by atoms with Gasteiger partial charge in [0.25, 0.3) is 0 Å². The lowest BCUT2D eigenvalue weighted by Gasteiger charge is -2.33. The van der Waals surface area contributed by atoms with Crippen LogP contribution in [0.4, 0.5) is 8.78 Å². The molecule has 2 aromatic rings. The Hall–Kier alpha value is -2.00. The number of rotatable bonds is 4. The van der Waals surface area contributed by atoms with Crippen LogP contribution in [0.5, 0.6) is 0 Å². The Balaban J connectivity index is 1.65. The highest BCUT2D eigenvalue weighted by Gasteiger charge is 2.30. The summed E-state index contributed by atoms with van der Waals surface area (Å²) in [6, 6.07) is 7.50. The molecular weight excluding hydrogens is 445 g/mol. The first-order chi connectivity index (χ1) is 13.7. The molecule has 0 aliphatic carbocycles. The van der Waals surface area contributed by atoms with E-state index in [2.05, 4.69) is 0 Å². The first-order valence-corrected chi connectivity index (χ1v) is 10.8. The van der Waals surface area contributed by atoms with Crippen LogP contribution in [0.2, 0.25) is 10.0 Å². The first-order valence-electron chi connectivity index (χ1n) is 8.56. The molecule has 1 aliphatic heterocycles. The average molecular weight is 461 g/mol. The molecule has 10 heteroatoms. The number of hydrogen-bond acceptors (Lipinski definition) is 3. The second kappa shape index (κ2) is 8.79. The summed E-state index contributed by atoms with van der Waals surface area (Å²) in [5.41, 5.74) is 0.590. The smallest absolute Gasteiger partial charge is 0.246 e. The van der Waals surface area contributed by atoms with E-state index in [1.54, 1.807) is 24.3 Å². The van der Waals surface area contributed by atoms with Gasteiger partial charge in [0.15, 0.2) is 11.6 Å². The van der Waals surface area contributed by atoms with E-state index in [1.165, 1.54) is 11.0 Å². The van der Waals surface area contributed by atoms with Crippen LogP contribution in [0, 0.1) is 11.6 Å². The van der Waals surface area contributed by atoms with E-state index in [-0.39, 0.29) is 37.0 Å². The van der Waals surface area contributed by atoms with Gasteiger partial charge in [-0.05, 0) is 35.9 Å². The molecule has 1 aliphatic rings. The van der Waals surface area contributed by atoms with Gasteiger partial charge in [-0.1, -0.05) is 35.3 Å². The third kappa shape index (κ3) is 4.78. The zero-order valence-electron chi connectivity index (χ0n) is 15.0. The molecule has 0 bridgehead atoms. The molecule has 0 aromatic heterocycles. The van der Waals surface area contributed by atoms with Gasteiger partial charge in [-0.15, -0.1) is 0 Å². The predicted molar refractivity (Wildman–Crippen MR) is 107 cm³/mol. The van der Waals surface area contributed by atoms with Gasteiger partial charge in [0.05, 0.1) is 14.9 Å². The molecule has 2 aromatic carbocycles. The maximum Gasteiger partial charge on any atom is 0.246 e. The highest BCUT2D eigenvalue weighted by Crippen LogP contribution is 2.26. The monoisotopic (exact) mass is 460 g/mol. The van der Waals surface area contributed by atoms with E-state index < -0.39 is 21.7 Å². The molecule has 0 saturated carbocycles. The van der Waals surface area contributed by atoms with Crippen LogP contribution in [0.3, 0.4) is 0 Å². The molecule has 154 valence electrons. The van der Waals surface area contributed by atoms with Crippen molar-refractivity contribution in [3.8, 4) is 0 Å². The summed E-state index contributed by atoms with van der Waals surface area (Å²) < 4.78 is 52.8. The van der Waals surface area contributed by atoms with Crippen molar-refractivity contribution in [2.24, 2.45) is 0 Å². The van der Waals surface area contributed by atoms with Crippen molar-refractivity contribution in [3.63, 3.8) is 0 Å². The van der Waals surface area contributed by atoms with Gasteiger partial charge < -0.3 is 4.90 Å². The first kappa shape index (κ1) is 21.7. The molecule has 1 heterocycles. The molecule has 0 unspecified atom stereocenters. The molecular formula is C19H16Cl2F2N2O3S. The molecule has 1 saturated heterocycles. The summed E-state index contributed by atoms with van der Waals surface area (Å²) in [6.07, 6.45) is 2.89. The summed E-state index contributed by atoms with van der Waals surface area (Å²) in [4.78, 5) is 13.5. The minimum absolute atomic E-state index is 0.0405. The molecule has 1 fully saturated rings. The zero-order valence-corrected chi connectivity index (χ0v) is 17.3. The Bertz CT molecular complexity index is 1070. The molecule has 5 nitrogen and oxygen atoms in total. The fourth-order valence-electron chi connectivity index (χ4n) is 2.85. The minimum atomic E-state index is -3.98. The van der Waals surface area contributed by atoms with Crippen LogP contribution < -0.4 is 0 Å². The molecule has 29 heavy (non-hydrogen) atoms. The van der Waals surface area contributed by atoms with E-state index in [0.717, 1.165) is 16.4 Å². The summed E-state index contributed by atoms with van der Waals surface area (Å²) in [5.74, 6) is -2.65. The number of carbonyl (C=O) groups excluding carboxylic acids is 1. The number of hydrogen-bond donors (Lipinski definition) is 0. The van der Waals surface area contributed by atoms with Crippen LogP contribution in [-0.2, 0) is 14.8 Å². The number of piperazine rings is 1. The Morgan fingerprint density at radius 2 is 1.69 bits per heavy atom. The van der Waals surface area contributed by atoms with Crippen LogP contribution in [0.1, 0.15) is 5.56 Å². The Labute approximate surface area is 177 Å². The van der Waals surface area contributed by atoms with Crippen LogP contribution in [0.15, 0.2) is 47.4 Å². The molecule has 3 rings (SSSR count). The van der Waals surface area contributed by atoms with Crippen molar-refractivity contribution < 1.29 is 22.0 Å².